The molecule has 0 radical (unpaired) electrons. The first-order chi connectivity index (χ1) is 10.4. The zero-order chi connectivity index (χ0) is 16.2. The van der Waals surface area contributed by atoms with Crippen LogP contribution in [0.1, 0.15) is 44.0 Å². The maximum Gasteiger partial charge on any atom is 0.338 e. The third kappa shape index (κ3) is 3.85. The van der Waals surface area contributed by atoms with Crippen molar-refractivity contribution in [2.45, 2.75) is 39.7 Å². The lowest BCUT2D eigenvalue weighted by Crippen LogP contribution is -2.53. The van der Waals surface area contributed by atoms with Gasteiger partial charge in [-0.05, 0) is 56.0 Å². The average molecular weight is 304 g/mol. The number of amides is 1. The monoisotopic (exact) mass is 304 g/mol. The van der Waals surface area contributed by atoms with Crippen molar-refractivity contribution in [2.24, 2.45) is 5.41 Å². The predicted octanol–water partition coefficient (Wildman–Crippen LogP) is 2.58. The van der Waals surface area contributed by atoms with E-state index in [4.69, 9.17) is 4.74 Å². The van der Waals surface area contributed by atoms with Gasteiger partial charge < -0.3 is 15.4 Å². The maximum absolute atomic E-state index is 12.4. The molecule has 1 aliphatic rings. The van der Waals surface area contributed by atoms with Crippen molar-refractivity contribution in [3.63, 3.8) is 0 Å². The Hall–Kier alpha value is -1.88. The summed E-state index contributed by atoms with van der Waals surface area (Å²) in [7, 11) is 0. The van der Waals surface area contributed by atoms with Crippen LogP contribution in [0, 0.1) is 5.41 Å². The molecule has 22 heavy (non-hydrogen) atoms. The topological polar surface area (TPSA) is 67.4 Å². The summed E-state index contributed by atoms with van der Waals surface area (Å²) in [5.41, 5.74) is 1.10. The molecule has 0 spiro atoms. The fraction of sp³-hybridized carbons (Fsp3) is 0.529. The summed E-state index contributed by atoms with van der Waals surface area (Å²) < 4.78 is 4.94. The molecule has 5 heteroatoms. The standard InChI is InChI=1S/C17H24N2O3/c1-4-22-16(21)12-6-8-13(9-7-12)19-15(20)14-17(2,3)10-5-11-18-14/h6-9,14,18H,4-5,10-11H2,1-3H3,(H,19,20). The van der Waals surface area contributed by atoms with E-state index in [2.05, 4.69) is 24.5 Å². The first-order valence-corrected chi connectivity index (χ1v) is 7.75. The number of benzene rings is 1. The van der Waals surface area contributed by atoms with Crippen LogP contribution in [0.4, 0.5) is 5.69 Å². The highest BCUT2D eigenvalue weighted by Gasteiger charge is 2.37. The van der Waals surface area contributed by atoms with Gasteiger partial charge in [0.15, 0.2) is 0 Å². The first-order valence-electron chi connectivity index (χ1n) is 7.75. The number of anilines is 1. The van der Waals surface area contributed by atoms with Gasteiger partial charge in [0.25, 0.3) is 0 Å². The summed E-state index contributed by atoms with van der Waals surface area (Å²) in [6.07, 6.45) is 2.12. The van der Waals surface area contributed by atoms with E-state index in [1.807, 2.05) is 0 Å². The highest BCUT2D eigenvalue weighted by Crippen LogP contribution is 2.30. The highest BCUT2D eigenvalue weighted by atomic mass is 16.5. The smallest absolute Gasteiger partial charge is 0.338 e. The minimum atomic E-state index is -0.351. The van der Waals surface area contributed by atoms with Crippen LogP contribution in [0.2, 0.25) is 0 Å². The molecule has 1 aromatic carbocycles. The molecule has 1 fully saturated rings. The quantitative estimate of drug-likeness (QED) is 0.839. The Labute approximate surface area is 131 Å². The van der Waals surface area contributed by atoms with E-state index in [0.717, 1.165) is 19.4 Å². The number of hydrogen-bond donors (Lipinski definition) is 2. The molecule has 0 aromatic heterocycles. The Morgan fingerprint density at radius 1 is 1.32 bits per heavy atom. The van der Waals surface area contributed by atoms with Gasteiger partial charge >= 0.3 is 5.97 Å². The number of hydrogen-bond acceptors (Lipinski definition) is 4. The summed E-state index contributed by atoms with van der Waals surface area (Å²) in [5, 5.41) is 6.20. The van der Waals surface area contributed by atoms with Gasteiger partial charge in [0.05, 0.1) is 18.2 Å². The number of rotatable bonds is 4. The highest BCUT2D eigenvalue weighted by molar-refractivity contribution is 5.96. The van der Waals surface area contributed by atoms with Crippen LogP contribution in [0.25, 0.3) is 0 Å². The van der Waals surface area contributed by atoms with Crippen LogP contribution < -0.4 is 10.6 Å². The van der Waals surface area contributed by atoms with Crippen molar-refractivity contribution in [2.75, 3.05) is 18.5 Å². The molecule has 1 aliphatic heterocycles. The second-order valence-corrected chi connectivity index (χ2v) is 6.27. The fourth-order valence-electron chi connectivity index (χ4n) is 2.78. The normalized spacial score (nSPS) is 20.2. The van der Waals surface area contributed by atoms with E-state index < -0.39 is 0 Å². The van der Waals surface area contributed by atoms with Crippen molar-refractivity contribution < 1.29 is 14.3 Å². The van der Waals surface area contributed by atoms with Crippen molar-refractivity contribution >= 4 is 17.6 Å². The predicted molar refractivity (Wildman–Crippen MR) is 85.8 cm³/mol. The van der Waals surface area contributed by atoms with Crippen LogP contribution in [-0.2, 0) is 9.53 Å². The molecule has 1 unspecified atom stereocenters. The van der Waals surface area contributed by atoms with Crippen LogP contribution in [-0.4, -0.2) is 31.1 Å². The Morgan fingerprint density at radius 3 is 2.59 bits per heavy atom. The average Bonchev–Trinajstić information content (AvgIpc) is 2.47. The van der Waals surface area contributed by atoms with Gasteiger partial charge in [-0.2, -0.15) is 0 Å². The van der Waals surface area contributed by atoms with Gasteiger partial charge in [-0.25, -0.2) is 4.79 Å². The van der Waals surface area contributed by atoms with E-state index in [0.29, 0.717) is 17.9 Å². The van der Waals surface area contributed by atoms with Crippen molar-refractivity contribution in [3.05, 3.63) is 29.8 Å². The Kier molecular flexibility index (Phi) is 5.19. The molecule has 1 heterocycles. The van der Waals surface area contributed by atoms with E-state index in [1.54, 1.807) is 31.2 Å². The first kappa shape index (κ1) is 16.5. The Balaban J connectivity index is 2.01. The van der Waals surface area contributed by atoms with Gasteiger partial charge in [-0.1, -0.05) is 13.8 Å². The molecular weight excluding hydrogens is 280 g/mol. The molecule has 2 N–H and O–H groups in total. The Morgan fingerprint density at radius 2 is 2.00 bits per heavy atom. The lowest BCUT2D eigenvalue weighted by atomic mass is 9.77. The number of esters is 1. The molecule has 1 aromatic rings. The van der Waals surface area contributed by atoms with E-state index >= 15 is 0 Å². The van der Waals surface area contributed by atoms with Crippen LogP contribution in [0.15, 0.2) is 24.3 Å². The molecule has 1 amide bonds. The lowest BCUT2D eigenvalue weighted by Gasteiger charge is -2.38. The lowest BCUT2D eigenvalue weighted by molar-refractivity contribution is -0.121. The van der Waals surface area contributed by atoms with Gasteiger partial charge in [-0.3, -0.25) is 4.79 Å². The maximum atomic E-state index is 12.4. The Bertz CT molecular complexity index is 537. The van der Waals surface area contributed by atoms with Gasteiger partial charge in [0.2, 0.25) is 5.91 Å². The molecule has 0 aliphatic carbocycles. The summed E-state index contributed by atoms with van der Waals surface area (Å²) in [6.45, 7) is 7.19. The van der Waals surface area contributed by atoms with Crippen LogP contribution in [0.3, 0.4) is 0 Å². The van der Waals surface area contributed by atoms with Crippen LogP contribution >= 0.6 is 0 Å². The third-order valence-electron chi connectivity index (χ3n) is 4.05. The number of piperidine rings is 1. The van der Waals surface area contributed by atoms with Gasteiger partial charge in [0, 0.05) is 5.69 Å². The van der Waals surface area contributed by atoms with E-state index in [-0.39, 0.29) is 23.3 Å². The molecule has 0 saturated carbocycles. The molecule has 1 saturated heterocycles. The minimum Gasteiger partial charge on any atom is -0.462 e. The second kappa shape index (κ2) is 6.92. The molecular formula is C17H24N2O3. The molecule has 5 nitrogen and oxygen atoms in total. The third-order valence-corrected chi connectivity index (χ3v) is 4.05. The number of carbonyl (C=O) groups is 2. The van der Waals surface area contributed by atoms with Gasteiger partial charge in [0.1, 0.15) is 0 Å². The second-order valence-electron chi connectivity index (χ2n) is 6.27. The number of ether oxygens (including phenoxy) is 1. The number of carbonyl (C=O) groups excluding carboxylic acids is 2. The van der Waals surface area contributed by atoms with Crippen molar-refractivity contribution in [1.29, 1.82) is 0 Å². The minimum absolute atomic E-state index is 0.0337. The zero-order valence-corrected chi connectivity index (χ0v) is 13.4. The molecule has 1 atom stereocenters. The summed E-state index contributed by atoms with van der Waals surface area (Å²) in [4.78, 5) is 24.0. The zero-order valence-electron chi connectivity index (χ0n) is 13.4. The van der Waals surface area contributed by atoms with Crippen LogP contribution in [0.5, 0.6) is 0 Å². The SMILES string of the molecule is CCOC(=O)c1ccc(NC(=O)C2NCCCC2(C)C)cc1. The fourth-order valence-corrected chi connectivity index (χ4v) is 2.78. The van der Waals surface area contributed by atoms with Crippen molar-refractivity contribution in [1.82, 2.24) is 5.32 Å². The molecule has 2 rings (SSSR count). The molecule has 0 bridgehead atoms. The summed E-state index contributed by atoms with van der Waals surface area (Å²) in [6, 6.07) is 6.56. The van der Waals surface area contributed by atoms with Gasteiger partial charge in [-0.15, -0.1) is 0 Å². The summed E-state index contributed by atoms with van der Waals surface area (Å²) in [5.74, 6) is -0.385. The van der Waals surface area contributed by atoms with E-state index in [9.17, 15) is 9.59 Å². The number of nitrogens with one attached hydrogen (secondary N) is 2. The van der Waals surface area contributed by atoms with Crippen molar-refractivity contribution in [3.8, 4) is 0 Å². The largest absolute Gasteiger partial charge is 0.462 e. The molecule has 120 valence electrons. The van der Waals surface area contributed by atoms with E-state index in [1.165, 1.54) is 0 Å². The summed E-state index contributed by atoms with van der Waals surface area (Å²) >= 11 is 0.